The van der Waals surface area contributed by atoms with Gasteiger partial charge < -0.3 is 14.8 Å². The molecule has 2 aliphatic rings. The number of nitrogens with one attached hydrogen (secondary N) is 1. The first-order chi connectivity index (χ1) is 19.7. The summed E-state index contributed by atoms with van der Waals surface area (Å²) in [6.07, 6.45) is 7.65. The fraction of sp³-hybridized carbons (Fsp3) is 0.556. The third-order valence-corrected chi connectivity index (χ3v) is 9.25. The van der Waals surface area contributed by atoms with E-state index in [9.17, 15) is 9.59 Å². The fourth-order valence-electron chi connectivity index (χ4n) is 7.18. The number of likely N-dealkylation sites (tertiary alicyclic amines) is 1. The van der Waals surface area contributed by atoms with Crippen LogP contribution in [0.15, 0.2) is 59.4 Å². The van der Waals surface area contributed by atoms with Gasteiger partial charge in [-0.15, -0.1) is 0 Å². The minimum atomic E-state index is -0.0884. The van der Waals surface area contributed by atoms with Crippen LogP contribution in [0, 0.1) is 24.2 Å². The van der Waals surface area contributed by atoms with E-state index in [2.05, 4.69) is 78.9 Å². The first-order valence-corrected chi connectivity index (χ1v) is 15.8. The molecule has 0 spiro atoms. The lowest BCUT2D eigenvalue weighted by Crippen LogP contribution is -2.44. The fourth-order valence-corrected chi connectivity index (χ4v) is 7.18. The van der Waals surface area contributed by atoms with Crippen LogP contribution in [0.1, 0.15) is 88.3 Å². The summed E-state index contributed by atoms with van der Waals surface area (Å²) in [5, 5.41) is 1.02. The van der Waals surface area contributed by atoms with Gasteiger partial charge in [-0.2, -0.15) is 0 Å². The third kappa shape index (κ3) is 7.68. The molecule has 2 heterocycles. The maximum atomic E-state index is 14.2. The number of nitrogens with zero attached hydrogens (tertiary/aromatic N) is 2. The summed E-state index contributed by atoms with van der Waals surface area (Å²) in [6, 6.07) is 18.9. The highest BCUT2D eigenvalue weighted by atomic mass is 16.2. The van der Waals surface area contributed by atoms with Gasteiger partial charge in [0.25, 0.3) is 5.56 Å². The van der Waals surface area contributed by atoms with Crippen molar-refractivity contribution in [1.82, 2.24) is 14.8 Å². The van der Waals surface area contributed by atoms with Crippen molar-refractivity contribution in [2.75, 3.05) is 26.2 Å². The molecule has 5 heteroatoms. The molecule has 1 unspecified atom stereocenters. The molecule has 5 nitrogen and oxygen atoms in total. The lowest BCUT2D eigenvalue weighted by Gasteiger charge is -2.41. The van der Waals surface area contributed by atoms with E-state index in [1.807, 2.05) is 18.2 Å². The highest BCUT2D eigenvalue weighted by Gasteiger charge is 2.34. The Hall–Kier alpha value is -2.92. The summed E-state index contributed by atoms with van der Waals surface area (Å²) in [4.78, 5) is 35.2. The Kier molecular flexibility index (Phi) is 9.33. The molecule has 1 aliphatic carbocycles. The van der Waals surface area contributed by atoms with Gasteiger partial charge in [-0.25, -0.2) is 0 Å². The van der Waals surface area contributed by atoms with Crippen LogP contribution in [0.4, 0.5) is 0 Å². The Morgan fingerprint density at radius 3 is 2.37 bits per heavy atom. The summed E-state index contributed by atoms with van der Waals surface area (Å²) in [5.74, 6) is 1.06. The van der Waals surface area contributed by atoms with Crippen molar-refractivity contribution in [3.63, 3.8) is 0 Å². The number of benzene rings is 2. The first kappa shape index (κ1) is 29.6. The van der Waals surface area contributed by atoms with E-state index in [1.54, 1.807) is 0 Å². The van der Waals surface area contributed by atoms with Crippen molar-refractivity contribution in [3.05, 3.63) is 81.6 Å². The van der Waals surface area contributed by atoms with Gasteiger partial charge in [0.15, 0.2) is 0 Å². The number of H-pyrrole nitrogens is 1. The number of aryl methyl sites for hydroxylation is 1. The van der Waals surface area contributed by atoms with Crippen molar-refractivity contribution in [1.29, 1.82) is 0 Å². The molecule has 1 saturated carbocycles. The first-order valence-electron chi connectivity index (χ1n) is 15.8. The minimum Gasteiger partial charge on any atom is -0.337 e. The van der Waals surface area contributed by atoms with Gasteiger partial charge in [-0.05, 0) is 86.2 Å². The van der Waals surface area contributed by atoms with Crippen molar-refractivity contribution in [3.8, 4) is 0 Å². The normalized spacial score (nSPS) is 18.4. The summed E-state index contributed by atoms with van der Waals surface area (Å²) < 4.78 is 0. The van der Waals surface area contributed by atoms with Gasteiger partial charge in [-0.3, -0.25) is 9.59 Å². The zero-order valence-corrected chi connectivity index (χ0v) is 25.6. The number of pyridine rings is 1. The molecule has 220 valence electrons. The molecular formula is C36H49N3O2. The zero-order valence-electron chi connectivity index (χ0n) is 25.6. The van der Waals surface area contributed by atoms with Gasteiger partial charge in [0, 0.05) is 36.0 Å². The van der Waals surface area contributed by atoms with E-state index in [1.165, 1.54) is 12.0 Å². The topological polar surface area (TPSA) is 56.4 Å². The monoisotopic (exact) mass is 555 g/mol. The van der Waals surface area contributed by atoms with Crippen LogP contribution in [0.5, 0.6) is 0 Å². The van der Waals surface area contributed by atoms with Gasteiger partial charge in [0.2, 0.25) is 5.91 Å². The molecule has 1 atom stereocenters. The van der Waals surface area contributed by atoms with Crippen LogP contribution in [-0.4, -0.2) is 46.9 Å². The molecule has 5 rings (SSSR count). The lowest BCUT2D eigenvalue weighted by molar-refractivity contribution is -0.137. The second-order valence-electron chi connectivity index (χ2n) is 14.0. The number of aromatic amines is 1. The van der Waals surface area contributed by atoms with Gasteiger partial charge in [-0.1, -0.05) is 82.0 Å². The summed E-state index contributed by atoms with van der Waals surface area (Å²) in [5.41, 5.74) is 4.20. The molecule has 1 amide bonds. The second kappa shape index (κ2) is 12.9. The number of aromatic nitrogens is 1. The summed E-state index contributed by atoms with van der Waals surface area (Å²) in [6.45, 7) is 13.4. The number of amides is 1. The van der Waals surface area contributed by atoms with E-state index in [0.29, 0.717) is 30.0 Å². The van der Waals surface area contributed by atoms with E-state index < -0.39 is 0 Å². The lowest BCUT2D eigenvalue weighted by atomic mass is 9.79. The van der Waals surface area contributed by atoms with Crippen LogP contribution >= 0.6 is 0 Å². The third-order valence-electron chi connectivity index (χ3n) is 9.25. The van der Waals surface area contributed by atoms with Crippen LogP contribution in [0.2, 0.25) is 0 Å². The molecule has 2 fully saturated rings. The Labute approximate surface area is 246 Å². The van der Waals surface area contributed by atoms with Crippen molar-refractivity contribution < 1.29 is 4.79 Å². The highest BCUT2D eigenvalue weighted by molar-refractivity contribution is 5.81. The standard InChI is InChI=1S/C36H49N3O2/c1-26-15-16-33-30(21-26)22-31(34(40)37-33)23-39(35(41)29-13-9-6-10-14-29)24-32(27-11-7-5-8-12-27)28-17-19-38(20-18-28)25-36(2,3)4/h5,7-8,11-12,15-16,21-22,28-29,32H,6,9-10,13-14,17-20,23-25H2,1-4H3,(H,37,40). The molecule has 2 aromatic carbocycles. The molecule has 41 heavy (non-hydrogen) atoms. The number of carbonyl (C=O) groups excluding carboxylic acids is 1. The van der Waals surface area contributed by atoms with Crippen LogP contribution < -0.4 is 5.56 Å². The number of piperidine rings is 1. The Balaban J connectivity index is 1.44. The van der Waals surface area contributed by atoms with Crippen LogP contribution in [-0.2, 0) is 11.3 Å². The minimum absolute atomic E-state index is 0.0654. The van der Waals surface area contributed by atoms with Crippen LogP contribution in [0.3, 0.4) is 0 Å². The van der Waals surface area contributed by atoms with Gasteiger partial charge in [0.1, 0.15) is 0 Å². The second-order valence-corrected chi connectivity index (χ2v) is 14.0. The van der Waals surface area contributed by atoms with Crippen molar-refractivity contribution >= 4 is 16.8 Å². The highest BCUT2D eigenvalue weighted by Crippen LogP contribution is 2.36. The SMILES string of the molecule is Cc1ccc2[nH]c(=O)c(CN(CC(c3ccccc3)C3CCN(CC(C)(C)C)CC3)C(=O)C3CCCCC3)cc2c1. The van der Waals surface area contributed by atoms with Gasteiger partial charge in [0.05, 0.1) is 6.54 Å². The molecule has 1 saturated heterocycles. The molecule has 0 bridgehead atoms. The molecule has 1 N–H and O–H groups in total. The predicted molar refractivity (Wildman–Crippen MR) is 169 cm³/mol. The predicted octanol–water partition coefficient (Wildman–Crippen LogP) is 7.29. The maximum Gasteiger partial charge on any atom is 0.253 e. The number of fused-ring (bicyclic) bond motifs is 1. The van der Waals surface area contributed by atoms with Crippen LogP contribution in [0.25, 0.3) is 10.9 Å². The smallest absolute Gasteiger partial charge is 0.253 e. The average molecular weight is 556 g/mol. The largest absolute Gasteiger partial charge is 0.337 e. The van der Waals surface area contributed by atoms with E-state index in [0.717, 1.165) is 74.6 Å². The molecule has 1 aliphatic heterocycles. The number of hydrogen-bond donors (Lipinski definition) is 1. The zero-order chi connectivity index (χ0) is 29.0. The Bertz CT molecular complexity index is 1360. The van der Waals surface area contributed by atoms with E-state index >= 15 is 0 Å². The summed E-state index contributed by atoms with van der Waals surface area (Å²) >= 11 is 0. The van der Waals surface area contributed by atoms with Crippen molar-refractivity contribution in [2.45, 2.75) is 85.1 Å². The quantitative estimate of drug-likeness (QED) is 0.318. The molecular weight excluding hydrogens is 506 g/mol. The molecule has 0 radical (unpaired) electrons. The number of carbonyl (C=O) groups is 1. The van der Waals surface area contributed by atoms with Gasteiger partial charge >= 0.3 is 0 Å². The summed E-state index contributed by atoms with van der Waals surface area (Å²) in [7, 11) is 0. The van der Waals surface area contributed by atoms with E-state index in [-0.39, 0.29) is 23.3 Å². The number of rotatable bonds is 8. The Morgan fingerprint density at radius 2 is 1.68 bits per heavy atom. The molecule has 1 aromatic heterocycles. The van der Waals surface area contributed by atoms with Crippen molar-refractivity contribution in [2.24, 2.45) is 17.3 Å². The van der Waals surface area contributed by atoms with E-state index in [4.69, 9.17) is 0 Å². The average Bonchev–Trinajstić information content (AvgIpc) is 2.96. The molecule has 3 aromatic rings. The Morgan fingerprint density at radius 1 is 0.976 bits per heavy atom. The number of hydrogen-bond acceptors (Lipinski definition) is 3. The maximum absolute atomic E-state index is 14.2.